The molecule has 0 aliphatic heterocycles. The van der Waals surface area contributed by atoms with Crippen LogP contribution in [0.25, 0.3) is 0 Å². The third-order valence-corrected chi connectivity index (χ3v) is 1.94. The molecule has 3 heteroatoms. The Bertz CT molecular complexity index is 254. The molecular weight excluding hydrogens is 164 g/mol. The van der Waals surface area contributed by atoms with Gasteiger partial charge in [-0.05, 0) is 32.0 Å². The second-order valence-corrected chi connectivity index (χ2v) is 3.41. The van der Waals surface area contributed by atoms with E-state index in [1.165, 1.54) is 5.56 Å². The highest BCUT2D eigenvalue weighted by Crippen LogP contribution is 1.98. The van der Waals surface area contributed by atoms with E-state index >= 15 is 0 Å². The van der Waals surface area contributed by atoms with Crippen LogP contribution < -0.4 is 0 Å². The molecule has 0 aliphatic rings. The monoisotopic (exact) mass is 180 g/mol. The SMILES string of the molecule is CC(=O)CN(C)CCc1cc[nH]c1. The number of aromatic nitrogens is 1. The minimum absolute atomic E-state index is 0.219. The summed E-state index contributed by atoms with van der Waals surface area (Å²) in [5.41, 5.74) is 1.29. The van der Waals surface area contributed by atoms with Crippen molar-refractivity contribution in [3.8, 4) is 0 Å². The zero-order valence-electron chi connectivity index (χ0n) is 8.21. The van der Waals surface area contributed by atoms with Crippen molar-refractivity contribution in [2.24, 2.45) is 0 Å². The quantitative estimate of drug-likeness (QED) is 0.736. The van der Waals surface area contributed by atoms with Crippen LogP contribution in [0.15, 0.2) is 18.5 Å². The fourth-order valence-electron chi connectivity index (χ4n) is 1.29. The fraction of sp³-hybridized carbons (Fsp3) is 0.500. The van der Waals surface area contributed by atoms with Crippen LogP contribution in [-0.4, -0.2) is 35.8 Å². The molecule has 0 unspecified atom stereocenters. The number of likely N-dealkylation sites (N-methyl/N-ethyl adjacent to an activating group) is 1. The molecule has 0 spiro atoms. The van der Waals surface area contributed by atoms with Crippen molar-refractivity contribution < 1.29 is 4.79 Å². The predicted octanol–water partition coefficient (Wildman–Crippen LogP) is 1.08. The third-order valence-electron chi connectivity index (χ3n) is 1.94. The molecule has 0 aromatic carbocycles. The van der Waals surface area contributed by atoms with Gasteiger partial charge in [-0.3, -0.25) is 9.69 Å². The summed E-state index contributed by atoms with van der Waals surface area (Å²) < 4.78 is 0. The molecule has 3 nitrogen and oxygen atoms in total. The normalized spacial score (nSPS) is 10.7. The van der Waals surface area contributed by atoms with Crippen molar-refractivity contribution in [1.29, 1.82) is 0 Å². The summed E-state index contributed by atoms with van der Waals surface area (Å²) in [6, 6.07) is 2.06. The summed E-state index contributed by atoms with van der Waals surface area (Å²) in [6.45, 7) is 3.09. The lowest BCUT2D eigenvalue weighted by Gasteiger charge is -2.13. The summed E-state index contributed by atoms with van der Waals surface area (Å²) in [6.07, 6.45) is 4.90. The van der Waals surface area contributed by atoms with Gasteiger partial charge in [-0.15, -0.1) is 0 Å². The van der Waals surface area contributed by atoms with E-state index in [0.29, 0.717) is 6.54 Å². The van der Waals surface area contributed by atoms with Gasteiger partial charge in [0.1, 0.15) is 5.78 Å². The molecule has 1 aromatic rings. The number of nitrogens with zero attached hydrogens (tertiary/aromatic N) is 1. The molecule has 72 valence electrons. The summed E-state index contributed by atoms with van der Waals surface area (Å²) in [5.74, 6) is 0.219. The van der Waals surface area contributed by atoms with E-state index in [1.807, 2.05) is 24.3 Å². The van der Waals surface area contributed by atoms with Gasteiger partial charge in [0.05, 0.1) is 6.54 Å². The number of aromatic amines is 1. The first-order valence-corrected chi connectivity index (χ1v) is 4.48. The van der Waals surface area contributed by atoms with Crippen LogP contribution in [0.2, 0.25) is 0 Å². The number of Topliss-reactive ketones (excluding diaryl/α,β-unsaturated/α-hetero) is 1. The number of nitrogens with one attached hydrogen (secondary N) is 1. The summed E-state index contributed by atoms with van der Waals surface area (Å²) in [4.78, 5) is 15.8. The van der Waals surface area contributed by atoms with Crippen molar-refractivity contribution in [3.05, 3.63) is 24.0 Å². The van der Waals surface area contributed by atoms with Crippen molar-refractivity contribution >= 4 is 5.78 Å². The van der Waals surface area contributed by atoms with Crippen molar-refractivity contribution in [2.45, 2.75) is 13.3 Å². The average molecular weight is 180 g/mol. The summed E-state index contributed by atoms with van der Waals surface area (Å²) >= 11 is 0. The summed E-state index contributed by atoms with van der Waals surface area (Å²) in [5, 5.41) is 0. The second-order valence-electron chi connectivity index (χ2n) is 3.41. The Morgan fingerprint density at radius 2 is 2.38 bits per heavy atom. The van der Waals surface area contributed by atoms with Gasteiger partial charge in [0, 0.05) is 18.9 Å². The van der Waals surface area contributed by atoms with Gasteiger partial charge < -0.3 is 4.98 Å². The number of rotatable bonds is 5. The van der Waals surface area contributed by atoms with E-state index < -0.39 is 0 Å². The molecule has 1 heterocycles. The fourth-order valence-corrected chi connectivity index (χ4v) is 1.29. The van der Waals surface area contributed by atoms with Crippen LogP contribution in [0, 0.1) is 0 Å². The highest BCUT2D eigenvalue weighted by atomic mass is 16.1. The van der Waals surface area contributed by atoms with E-state index in [0.717, 1.165) is 13.0 Å². The van der Waals surface area contributed by atoms with Gasteiger partial charge >= 0.3 is 0 Å². The van der Waals surface area contributed by atoms with Crippen LogP contribution in [0.4, 0.5) is 0 Å². The third kappa shape index (κ3) is 3.90. The van der Waals surface area contributed by atoms with Gasteiger partial charge in [0.2, 0.25) is 0 Å². The number of hydrogen-bond donors (Lipinski definition) is 1. The molecule has 0 bridgehead atoms. The lowest BCUT2D eigenvalue weighted by atomic mass is 10.2. The van der Waals surface area contributed by atoms with Crippen LogP contribution >= 0.6 is 0 Å². The van der Waals surface area contributed by atoms with Crippen LogP contribution in [0.1, 0.15) is 12.5 Å². The molecule has 0 fully saturated rings. The Kier molecular flexibility index (Phi) is 3.71. The molecule has 1 rings (SSSR count). The molecule has 1 N–H and O–H groups in total. The zero-order valence-corrected chi connectivity index (χ0v) is 8.21. The highest BCUT2D eigenvalue weighted by Gasteiger charge is 2.01. The number of carbonyl (C=O) groups excluding carboxylic acids is 1. The maximum Gasteiger partial charge on any atom is 0.143 e. The molecule has 0 saturated heterocycles. The number of ketones is 1. The van der Waals surface area contributed by atoms with E-state index in [4.69, 9.17) is 0 Å². The highest BCUT2D eigenvalue weighted by molar-refractivity contribution is 5.77. The Morgan fingerprint density at radius 3 is 2.92 bits per heavy atom. The van der Waals surface area contributed by atoms with Gasteiger partial charge in [0.15, 0.2) is 0 Å². The van der Waals surface area contributed by atoms with Gasteiger partial charge in [0.25, 0.3) is 0 Å². The zero-order chi connectivity index (χ0) is 9.68. The Hall–Kier alpha value is -1.09. The van der Waals surface area contributed by atoms with E-state index in [1.54, 1.807) is 6.92 Å². The Morgan fingerprint density at radius 1 is 1.62 bits per heavy atom. The molecular formula is C10H16N2O. The largest absolute Gasteiger partial charge is 0.367 e. The van der Waals surface area contributed by atoms with E-state index in [9.17, 15) is 4.79 Å². The van der Waals surface area contributed by atoms with Gasteiger partial charge in [-0.25, -0.2) is 0 Å². The lowest BCUT2D eigenvalue weighted by molar-refractivity contribution is -0.117. The van der Waals surface area contributed by atoms with Gasteiger partial charge in [-0.2, -0.15) is 0 Å². The lowest BCUT2D eigenvalue weighted by Crippen LogP contribution is -2.26. The first-order valence-electron chi connectivity index (χ1n) is 4.48. The van der Waals surface area contributed by atoms with E-state index in [2.05, 4.69) is 11.1 Å². The maximum atomic E-state index is 10.8. The van der Waals surface area contributed by atoms with Crippen LogP contribution in [0.3, 0.4) is 0 Å². The smallest absolute Gasteiger partial charge is 0.143 e. The van der Waals surface area contributed by atoms with E-state index in [-0.39, 0.29) is 5.78 Å². The Balaban J connectivity index is 2.22. The molecule has 0 saturated carbocycles. The van der Waals surface area contributed by atoms with Crippen molar-refractivity contribution in [1.82, 2.24) is 9.88 Å². The van der Waals surface area contributed by atoms with Crippen molar-refractivity contribution in [3.63, 3.8) is 0 Å². The Labute approximate surface area is 78.8 Å². The van der Waals surface area contributed by atoms with Crippen LogP contribution in [-0.2, 0) is 11.2 Å². The standard InChI is InChI=1S/C10H16N2O/c1-9(13)8-12(2)6-4-10-3-5-11-7-10/h3,5,7,11H,4,6,8H2,1-2H3. The molecule has 0 atom stereocenters. The predicted molar refractivity (Wildman–Crippen MR) is 52.7 cm³/mol. The molecule has 0 radical (unpaired) electrons. The molecule has 1 aromatic heterocycles. The molecule has 13 heavy (non-hydrogen) atoms. The summed E-state index contributed by atoms with van der Waals surface area (Å²) in [7, 11) is 1.97. The first-order chi connectivity index (χ1) is 6.18. The number of carbonyl (C=O) groups is 1. The minimum atomic E-state index is 0.219. The van der Waals surface area contributed by atoms with Gasteiger partial charge in [-0.1, -0.05) is 0 Å². The first kappa shape index (κ1) is 9.99. The van der Waals surface area contributed by atoms with Crippen LogP contribution in [0.5, 0.6) is 0 Å². The second kappa shape index (κ2) is 4.82. The van der Waals surface area contributed by atoms with Crippen molar-refractivity contribution in [2.75, 3.05) is 20.1 Å². The average Bonchev–Trinajstić information content (AvgIpc) is 2.51. The minimum Gasteiger partial charge on any atom is -0.367 e. The topological polar surface area (TPSA) is 36.1 Å². The maximum absolute atomic E-state index is 10.8. The molecule has 0 aliphatic carbocycles. The number of H-pyrrole nitrogens is 1. The number of hydrogen-bond acceptors (Lipinski definition) is 2. The molecule has 0 amide bonds.